The van der Waals surface area contributed by atoms with Crippen molar-refractivity contribution in [3.8, 4) is 11.1 Å². The van der Waals surface area contributed by atoms with Gasteiger partial charge in [-0.2, -0.15) is 0 Å². The summed E-state index contributed by atoms with van der Waals surface area (Å²) < 4.78 is 2.16. The summed E-state index contributed by atoms with van der Waals surface area (Å²) in [5.74, 6) is 0.675. The Hall–Kier alpha value is -2.92. The molecule has 1 aliphatic rings. The lowest BCUT2D eigenvalue weighted by molar-refractivity contribution is 0.393. The molecule has 0 radical (unpaired) electrons. The number of anilines is 1. The topological polar surface area (TPSA) is 54.8 Å². The Morgan fingerprint density at radius 2 is 2.07 bits per heavy atom. The van der Waals surface area contributed by atoms with Crippen LogP contribution in [0.15, 0.2) is 55.0 Å². The molecule has 1 fully saturated rings. The second-order valence-electron chi connectivity index (χ2n) is 7.74. The summed E-state index contributed by atoms with van der Waals surface area (Å²) in [7, 11) is 2.08. The van der Waals surface area contributed by atoms with Gasteiger partial charge in [0, 0.05) is 49.0 Å². The summed E-state index contributed by atoms with van der Waals surface area (Å²) in [6.45, 7) is 3.22. The second kappa shape index (κ2) is 7.24. The van der Waals surface area contributed by atoms with Crippen LogP contribution in [0.25, 0.3) is 33.1 Å². The Kier molecular flexibility index (Phi) is 4.45. The first-order valence-electron chi connectivity index (χ1n) is 10.0. The first-order valence-corrected chi connectivity index (χ1v) is 10.0. The maximum absolute atomic E-state index is 4.63. The molecule has 3 heterocycles. The molecule has 1 aliphatic heterocycles. The Bertz CT molecular complexity index is 1120. The SMILES string of the molecule is Cn1ccc2ccc(-c3cc(NCC4CCCNC4)cc4nccnc34)cc21. The smallest absolute Gasteiger partial charge is 0.0966 e. The highest BCUT2D eigenvalue weighted by Gasteiger charge is 2.14. The molecule has 2 aromatic carbocycles. The number of rotatable bonds is 4. The van der Waals surface area contributed by atoms with E-state index in [4.69, 9.17) is 0 Å². The second-order valence-corrected chi connectivity index (χ2v) is 7.74. The van der Waals surface area contributed by atoms with Crippen molar-refractivity contribution in [2.75, 3.05) is 25.0 Å². The highest BCUT2D eigenvalue weighted by molar-refractivity contribution is 5.97. The zero-order chi connectivity index (χ0) is 18.9. The monoisotopic (exact) mass is 371 g/mol. The van der Waals surface area contributed by atoms with Gasteiger partial charge in [-0.15, -0.1) is 0 Å². The van der Waals surface area contributed by atoms with E-state index in [9.17, 15) is 0 Å². The number of nitrogens with one attached hydrogen (secondary N) is 2. The quantitative estimate of drug-likeness (QED) is 0.564. The van der Waals surface area contributed by atoms with Gasteiger partial charge in [0.2, 0.25) is 0 Å². The largest absolute Gasteiger partial charge is 0.385 e. The minimum atomic E-state index is 0.675. The van der Waals surface area contributed by atoms with Crippen LogP contribution in [0.3, 0.4) is 0 Å². The van der Waals surface area contributed by atoms with Gasteiger partial charge in [-0.1, -0.05) is 12.1 Å². The van der Waals surface area contributed by atoms with Crippen LogP contribution in [0, 0.1) is 5.92 Å². The number of fused-ring (bicyclic) bond motifs is 2. The molecular weight excluding hydrogens is 346 g/mol. The molecule has 28 heavy (non-hydrogen) atoms. The van der Waals surface area contributed by atoms with Crippen molar-refractivity contribution in [2.45, 2.75) is 12.8 Å². The maximum atomic E-state index is 4.63. The van der Waals surface area contributed by atoms with Crippen molar-refractivity contribution in [3.63, 3.8) is 0 Å². The summed E-state index contributed by atoms with van der Waals surface area (Å²) in [6, 6.07) is 13.1. The van der Waals surface area contributed by atoms with Crippen molar-refractivity contribution in [2.24, 2.45) is 13.0 Å². The Morgan fingerprint density at radius 3 is 2.96 bits per heavy atom. The lowest BCUT2D eigenvalue weighted by Gasteiger charge is -2.23. The van der Waals surface area contributed by atoms with Gasteiger partial charge in [0.15, 0.2) is 0 Å². The van der Waals surface area contributed by atoms with Crippen LogP contribution in [-0.2, 0) is 7.05 Å². The van der Waals surface area contributed by atoms with Gasteiger partial charge in [-0.3, -0.25) is 9.97 Å². The Balaban J connectivity index is 1.55. The molecule has 0 amide bonds. The predicted molar refractivity (Wildman–Crippen MR) is 116 cm³/mol. The molecule has 1 unspecified atom stereocenters. The van der Waals surface area contributed by atoms with E-state index in [1.54, 1.807) is 12.4 Å². The molecule has 4 aromatic rings. The molecular formula is C23H25N5. The number of aryl methyl sites for hydroxylation is 1. The standard InChI is InChI=1S/C23H25N5/c1-28-10-6-17-4-5-18(11-22(17)28)20-12-19(13-21-23(20)26-9-8-25-21)27-15-16-3-2-7-24-14-16/h4-6,8-13,16,24,27H,2-3,7,14-15H2,1H3. The number of hydrogen-bond donors (Lipinski definition) is 2. The minimum absolute atomic E-state index is 0.675. The van der Waals surface area contributed by atoms with Crippen LogP contribution in [0.1, 0.15) is 12.8 Å². The zero-order valence-corrected chi connectivity index (χ0v) is 16.2. The van der Waals surface area contributed by atoms with Crippen LogP contribution in [-0.4, -0.2) is 34.2 Å². The summed E-state index contributed by atoms with van der Waals surface area (Å²) in [5.41, 5.74) is 6.50. The molecule has 5 rings (SSSR count). The zero-order valence-electron chi connectivity index (χ0n) is 16.2. The van der Waals surface area contributed by atoms with Crippen molar-refractivity contribution < 1.29 is 0 Å². The first-order chi connectivity index (χ1) is 13.8. The Labute approximate surface area is 164 Å². The van der Waals surface area contributed by atoms with Gasteiger partial charge in [0.05, 0.1) is 11.0 Å². The van der Waals surface area contributed by atoms with Crippen molar-refractivity contribution in [3.05, 3.63) is 55.0 Å². The fourth-order valence-electron chi connectivity index (χ4n) is 4.19. The number of aromatic nitrogens is 3. The predicted octanol–water partition coefficient (Wildman–Crippen LogP) is 4.20. The number of hydrogen-bond acceptors (Lipinski definition) is 4. The van der Waals surface area contributed by atoms with Crippen LogP contribution >= 0.6 is 0 Å². The van der Waals surface area contributed by atoms with Gasteiger partial charge in [-0.25, -0.2) is 0 Å². The summed E-state index contributed by atoms with van der Waals surface area (Å²) in [5, 5.41) is 8.39. The Morgan fingerprint density at radius 1 is 1.14 bits per heavy atom. The van der Waals surface area contributed by atoms with E-state index in [0.29, 0.717) is 5.92 Å². The molecule has 1 atom stereocenters. The first kappa shape index (κ1) is 17.2. The number of piperidine rings is 1. The lowest BCUT2D eigenvalue weighted by Crippen LogP contribution is -2.33. The van der Waals surface area contributed by atoms with Crippen LogP contribution in [0.5, 0.6) is 0 Å². The molecule has 0 saturated carbocycles. The fourth-order valence-corrected chi connectivity index (χ4v) is 4.19. The van der Waals surface area contributed by atoms with Gasteiger partial charge in [0.1, 0.15) is 0 Å². The average Bonchev–Trinajstić information content (AvgIpc) is 3.12. The van der Waals surface area contributed by atoms with E-state index in [-0.39, 0.29) is 0 Å². The third-order valence-corrected chi connectivity index (χ3v) is 5.77. The minimum Gasteiger partial charge on any atom is -0.385 e. The summed E-state index contributed by atoms with van der Waals surface area (Å²) in [4.78, 5) is 9.20. The summed E-state index contributed by atoms with van der Waals surface area (Å²) >= 11 is 0. The molecule has 0 bridgehead atoms. The normalized spacial score (nSPS) is 17.2. The van der Waals surface area contributed by atoms with Crippen LogP contribution in [0.4, 0.5) is 5.69 Å². The van der Waals surface area contributed by atoms with Gasteiger partial charge < -0.3 is 15.2 Å². The molecule has 1 saturated heterocycles. The number of nitrogens with zero attached hydrogens (tertiary/aromatic N) is 3. The van der Waals surface area contributed by atoms with E-state index in [1.165, 1.54) is 29.3 Å². The van der Waals surface area contributed by atoms with Gasteiger partial charge in [0.25, 0.3) is 0 Å². The highest BCUT2D eigenvalue weighted by atomic mass is 14.9. The van der Waals surface area contributed by atoms with Gasteiger partial charge >= 0.3 is 0 Å². The van der Waals surface area contributed by atoms with E-state index >= 15 is 0 Å². The molecule has 2 aromatic heterocycles. The average molecular weight is 371 g/mol. The number of benzene rings is 2. The van der Waals surface area contributed by atoms with E-state index in [2.05, 4.69) is 74.8 Å². The maximum Gasteiger partial charge on any atom is 0.0966 e. The third-order valence-electron chi connectivity index (χ3n) is 5.77. The lowest BCUT2D eigenvalue weighted by atomic mass is 9.99. The molecule has 5 nitrogen and oxygen atoms in total. The van der Waals surface area contributed by atoms with E-state index in [1.807, 2.05) is 0 Å². The molecule has 0 aliphatic carbocycles. The van der Waals surface area contributed by atoms with E-state index < -0.39 is 0 Å². The van der Waals surface area contributed by atoms with Crippen LogP contribution < -0.4 is 10.6 Å². The highest BCUT2D eigenvalue weighted by Crippen LogP contribution is 2.32. The van der Waals surface area contributed by atoms with Crippen LogP contribution in [0.2, 0.25) is 0 Å². The van der Waals surface area contributed by atoms with Crippen molar-refractivity contribution in [1.82, 2.24) is 19.9 Å². The summed E-state index contributed by atoms with van der Waals surface area (Å²) in [6.07, 6.45) is 8.18. The molecule has 0 spiro atoms. The van der Waals surface area contributed by atoms with E-state index in [0.717, 1.165) is 41.9 Å². The molecule has 2 N–H and O–H groups in total. The third kappa shape index (κ3) is 3.22. The van der Waals surface area contributed by atoms with Crippen molar-refractivity contribution in [1.29, 1.82) is 0 Å². The molecule has 142 valence electrons. The molecule has 5 heteroatoms. The van der Waals surface area contributed by atoms with Crippen molar-refractivity contribution >= 4 is 27.6 Å². The fraction of sp³-hybridized carbons (Fsp3) is 0.304. The van der Waals surface area contributed by atoms with Gasteiger partial charge in [-0.05, 0) is 67.1 Å².